The summed E-state index contributed by atoms with van der Waals surface area (Å²) in [6.45, 7) is 13.6. The molecule has 0 atom stereocenters. The molecule has 0 saturated heterocycles. The van der Waals surface area contributed by atoms with E-state index in [1.54, 1.807) is 0 Å². The van der Waals surface area contributed by atoms with Gasteiger partial charge in [-0.2, -0.15) is 0 Å². The van der Waals surface area contributed by atoms with E-state index in [1.165, 1.54) is 33.5 Å². The maximum absolute atomic E-state index is 6.61. The maximum atomic E-state index is 6.61. The number of fused-ring (bicyclic) bond motifs is 4. The highest BCUT2D eigenvalue weighted by atomic mass is 16.3. The molecule has 0 aliphatic rings. The molecule has 0 fully saturated rings. The molecule has 0 radical (unpaired) electrons. The summed E-state index contributed by atoms with van der Waals surface area (Å²) in [6.07, 6.45) is 0. The van der Waals surface area contributed by atoms with Gasteiger partial charge >= 0.3 is 0 Å². The standard InChI is InChI=1S/C39H36N2O/c1-24(2)31-22-27(39(4,5)6)23-32(26-13-8-7-9-14-26)36(31)41-34-18-11-10-17-33(34)40-38(41)30-16-12-15-29-28-20-19-25(3)21-35(28)42-37(29)30/h7-24H,1-6H3. The summed E-state index contributed by atoms with van der Waals surface area (Å²) >= 11 is 0. The van der Waals surface area contributed by atoms with Crippen molar-refractivity contribution < 1.29 is 4.42 Å². The van der Waals surface area contributed by atoms with Crippen molar-refractivity contribution in [1.29, 1.82) is 0 Å². The summed E-state index contributed by atoms with van der Waals surface area (Å²) in [5.41, 5.74) is 12.2. The molecule has 3 nitrogen and oxygen atoms in total. The highest BCUT2D eigenvalue weighted by Crippen LogP contribution is 2.43. The Hall–Kier alpha value is -4.63. The highest BCUT2D eigenvalue weighted by Gasteiger charge is 2.26. The predicted octanol–water partition coefficient (Wildman–Crippen LogP) is 11.0. The van der Waals surface area contributed by atoms with E-state index in [4.69, 9.17) is 9.40 Å². The zero-order chi connectivity index (χ0) is 29.2. The van der Waals surface area contributed by atoms with E-state index in [2.05, 4.69) is 149 Å². The van der Waals surface area contributed by atoms with Gasteiger partial charge in [0.15, 0.2) is 0 Å². The first-order chi connectivity index (χ1) is 20.2. The van der Waals surface area contributed by atoms with Gasteiger partial charge in [0.2, 0.25) is 0 Å². The number of benzene rings is 5. The van der Waals surface area contributed by atoms with E-state index in [0.717, 1.165) is 44.4 Å². The molecule has 0 spiro atoms. The molecule has 7 aromatic rings. The minimum Gasteiger partial charge on any atom is -0.455 e. The summed E-state index contributed by atoms with van der Waals surface area (Å²) < 4.78 is 8.99. The molecule has 2 aromatic heterocycles. The number of nitrogens with zero attached hydrogens (tertiary/aromatic N) is 2. The molecule has 42 heavy (non-hydrogen) atoms. The molecule has 0 saturated carbocycles. The van der Waals surface area contributed by atoms with Crippen LogP contribution in [0.15, 0.2) is 108 Å². The van der Waals surface area contributed by atoms with E-state index in [-0.39, 0.29) is 5.41 Å². The summed E-state index contributed by atoms with van der Waals surface area (Å²) in [6, 6.07) is 36.9. The topological polar surface area (TPSA) is 31.0 Å². The summed E-state index contributed by atoms with van der Waals surface area (Å²) in [4.78, 5) is 5.31. The van der Waals surface area contributed by atoms with E-state index in [1.807, 2.05) is 0 Å². The van der Waals surface area contributed by atoms with Crippen LogP contribution in [0.25, 0.3) is 61.2 Å². The fourth-order valence-electron chi connectivity index (χ4n) is 6.13. The number of furan rings is 1. The molecule has 0 aliphatic heterocycles. The Kier molecular flexibility index (Phi) is 6.09. The summed E-state index contributed by atoms with van der Waals surface area (Å²) in [5, 5.41) is 2.24. The number of para-hydroxylation sites is 3. The average Bonchev–Trinajstić information content (AvgIpc) is 3.54. The van der Waals surface area contributed by atoms with Crippen LogP contribution in [0, 0.1) is 6.92 Å². The van der Waals surface area contributed by atoms with Crippen LogP contribution in [-0.2, 0) is 5.41 Å². The Bertz CT molecular complexity index is 2100. The second kappa shape index (κ2) is 9.73. The average molecular weight is 549 g/mol. The molecule has 7 rings (SSSR count). The SMILES string of the molecule is Cc1ccc2c(c1)oc1c(-c3nc4ccccc4n3-c3c(-c4ccccc4)cc(C(C)(C)C)cc3C(C)C)cccc12. The first-order valence-corrected chi connectivity index (χ1v) is 14.8. The van der Waals surface area contributed by atoms with Crippen molar-refractivity contribution in [2.75, 3.05) is 0 Å². The Morgan fingerprint density at radius 2 is 1.50 bits per heavy atom. The fraction of sp³-hybridized carbons (Fsp3) is 0.205. The van der Waals surface area contributed by atoms with Gasteiger partial charge in [0, 0.05) is 16.3 Å². The highest BCUT2D eigenvalue weighted by molar-refractivity contribution is 6.09. The third-order valence-electron chi connectivity index (χ3n) is 8.39. The number of rotatable bonds is 4. The lowest BCUT2D eigenvalue weighted by molar-refractivity contribution is 0.588. The normalized spacial score (nSPS) is 12.3. The minimum atomic E-state index is 0.00351. The molecule has 0 aliphatic carbocycles. The van der Waals surface area contributed by atoms with Crippen LogP contribution in [0.2, 0.25) is 0 Å². The molecular formula is C39H36N2O. The van der Waals surface area contributed by atoms with Gasteiger partial charge in [0.25, 0.3) is 0 Å². The van der Waals surface area contributed by atoms with Crippen LogP contribution in [0.3, 0.4) is 0 Å². The smallest absolute Gasteiger partial charge is 0.149 e. The maximum Gasteiger partial charge on any atom is 0.149 e. The Morgan fingerprint density at radius 3 is 2.26 bits per heavy atom. The van der Waals surface area contributed by atoms with E-state index in [9.17, 15) is 0 Å². The van der Waals surface area contributed by atoms with Crippen LogP contribution in [-0.4, -0.2) is 9.55 Å². The number of aromatic nitrogens is 2. The Morgan fingerprint density at radius 1 is 0.738 bits per heavy atom. The van der Waals surface area contributed by atoms with Gasteiger partial charge < -0.3 is 4.42 Å². The third-order valence-corrected chi connectivity index (χ3v) is 8.39. The minimum absolute atomic E-state index is 0.00351. The van der Waals surface area contributed by atoms with Gasteiger partial charge in [-0.15, -0.1) is 0 Å². The van der Waals surface area contributed by atoms with Crippen molar-refractivity contribution >= 4 is 33.0 Å². The van der Waals surface area contributed by atoms with Crippen molar-refractivity contribution in [3.63, 3.8) is 0 Å². The van der Waals surface area contributed by atoms with Crippen molar-refractivity contribution in [2.45, 2.75) is 52.9 Å². The number of hydrogen-bond acceptors (Lipinski definition) is 2. The van der Waals surface area contributed by atoms with Crippen LogP contribution in [0.4, 0.5) is 0 Å². The Labute approximate surface area is 247 Å². The number of aryl methyl sites for hydroxylation is 1. The van der Waals surface area contributed by atoms with Crippen molar-refractivity contribution in [1.82, 2.24) is 9.55 Å². The third kappa shape index (κ3) is 4.23. The van der Waals surface area contributed by atoms with Crippen LogP contribution < -0.4 is 0 Å². The molecular weight excluding hydrogens is 512 g/mol. The van der Waals surface area contributed by atoms with Gasteiger partial charge in [-0.3, -0.25) is 4.57 Å². The second-order valence-corrected chi connectivity index (χ2v) is 12.8. The first-order valence-electron chi connectivity index (χ1n) is 14.8. The van der Waals surface area contributed by atoms with Crippen LogP contribution in [0.5, 0.6) is 0 Å². The van der Waals surface area contributed by atoms with Gasteiger partial charge in [0.05, 0.1) is 22.3 Å². The molecule has 3 heteroatoms. The van der Waals surface area contributed by atoms with Gasteiger partial charge in [-0.05, 0) is 70.8 Å². The first kappa shape index (κ1) is 26.3. The van der Waals surface area contributed by atoms with Gasteiger partial charge in [0.1, 0.15) is 17.0 Å². The molecule has 0 bridgehead atoms. The zero-order valence-corrected chi connectivity index (χ0v) is 25.2. The van der Waals surface area contributed by atoms with Crippen LogP contribution in [0.1, 0.15) is 57.2 Å². The van der Waals surface area contributed by atoms with Gasteiger partial charge in [-0.1, -0.05) is 107 Å². The quantitative estimate of drug-likeness (QED) is 0.219. The lowest BCUT2D eigenvalue weighted by Crippen LogP contribution is -2.14. The van der Waals surface area contributed by atoms with E-state index in [0.29, 0.717) is 5.92 Å². The number of imidazole rings is 1. The number of hydrogen-bond donors (Lipinski definition) is 0. The fourth-order valence-corrected chi connectivity index (χ4v) is 6.13. The molecule has 0 N–H and O–H groups in total. The predicted molar refractivity (Wildman–Crippen MR) is 177 cm³/mol. The molecule has 0 amide bonds. The molecule has 208 valence electrons. The van der Waals surface area contributed by atoms with Gasteiger partial charge in [-0.25, -0.2) is 4.98 Å². The summed E-state index contributed by atoms with van der Waals surface area (Å²) in [7, 11) is 0. The van der Waals surface area contributed by atoms with E-state index < -0.39 is 0 Å². The van der Waals surface area contributed by atoms with Crippen LogP contribution >= 0.6 is 0 Å². The van der Waals surface area contributed by atoms with Crippen molar-refractivity contribution in [3.05, 3.63) is 120 Å². The second-order valence-electron chi connectivity index (χ2n) is 12.8. The van der Waals surface area contributed by atoms with Crippen molar-refractivity contribution in [2.24, 2.45) is 0 Å². The summed E-state index contributed by atoms with van der Waals surface area (Å²) in [5.74, 6) is 1.18. The monoisotopic (exact) mass is 548 g/mol. The zero-order valence-electron chi connectivity index (χ0n) is 25.2. The lowest BCUT2D eigenvalue weighted by Gasteiger charge is -2.27. The Balaban J connectivity index is 1.63. The largest absolute Gasteiger partial charge is 0.455 e. The van der Waals surface area contributed by atoms with Crippen molar-refractivity contribution in [3.8, 4) is 28.2 Å². The molecule has 0 unspecified atom stereocenters. The molecule has 5 aromatic carbocycles. The lowest BCUT2D eigenvalue weighted by atomic mass is 9.81. The van der Waals surface area contributed by atoms with E-state index >= 15 is 0 Å². The molecule has 2 heterocycles.